The summed E-state index contributed by atoms with van der Waals surface area (Å²) >= 11 is 0. The van der Waals surface area contributed by atoms with Crippen molar-refractivity contribution < 1.29 is 24.9 Å². The molecule has 0 saturated carbocycles. The van der Waals surface area contributed by atoms with Crippen LogP contribution in [0.2, 0.25) is 0 Å². The Kier molecular flexibility index (Phi) is 2.71. The molecule has 13 heavy (non-hydrogen) atoms. The number of aliphatic hydroxyl groups is 1. The summed E-state index contributed by atoms with van der Waals surface area (Å²) in [5.41, 5.74) is 0. The Labute approximate surface area is 73.8 Å². The molecule has 70 valence electrons. The van der Waals surface area contributed by atoms with Crippen molar-refractivity contribution in [3.8, 4) is 17.2 Å². The number of aromatic hydroxyl groups is 2. The molecule has 0 atom stereocenters. The van der Waals surface area contributed by atoms with Crippen LogP contribution in [0.15, 0.2) is 18.2 Å². The maximum absolute atomic E-state index is 10.6. The van der Waals surface area contributed by atoms with E-state index < -0.39 is 12.6 Å². The van der Waals surface area contributed by atoms with Crippen LogP contribution in [0.25, 0.3) is 0 Å². The van der Waals surface area contributed by atoms with Gasteiger partial charge in [-0.2, -0.15) is 0 Å². The highest BCUT2D eigenvalue weighted by atomic mass is 16.5. The van der Waals surface area contributed by atoms with Crippen LogP contribution < -0.4 is 4.74 Å². The van der Waals surface area contributed by atoms with E-state index in [9.17, 15) is 4.79 Å². The van der Waals surface area contributed by atoms with E-state index in [4.69, 9.17) is 15.3 Å². The Hall–Kier alpha value is -1.75. The van der Waals surface area contributed by atoms with Crippen molar-refractivity contribution in [3.05, 3.63) is 18.2 Å². The zero-order valence-corrected chi connectivity index (χ0v) is 6.60. The van der Waals surface area contributed by atoms with Crippen LogP contribution in [0.3, 0.4) is 0 Å². The number of hydrogen-bond donors (Lipinski definition) is 3. The minimum atomic E-state index is -0.829. The van der Waals surface area contributed by atoms with Crippen molar-refractivity contribution in [1.29, 1.82) is 0 Å². The topological polar surface area (TPSA) is 87.0 Å². The molecule has 0 spiro atoms. The molecule has 0 heterocycles. The molecule has 1 aromatic carbocycles. The van der Waals surface area contributed by atoms with Crippen molar-refractivity contribution >= 4 is 5.97 Å². The Morgan fingerprint density at radius 2 is 2.00 bits per heavy atom. The first-order valence-corrected chi connectivity index (χ1v) is 3.47. The first-order chi connectivity index (χ1) is 6.13. The van der Waals surface area contributed by atoms with Crippen molar-refractivity contribution in [3.63, 3.8) is 0 Å². The van der Waals surface area contributed by atoms with E-state index >= 15 is 0 Å². The Morgan fingerprint density at radius 3 is 2.54 bits per heavy atom. The van der Waals surface area contributed by atoms with E-state index in [1.165, 1.54) is 12.1 Å². The van der Waals surface area contributed by atoms with Gasteiger partial charge in [0.1, 0.15) is 12.4 Å². The number of benzene rings is 1. The number of carbonyl (C=O) groups excluding carboxylic acids is 1. The minimum Gasteiger partial charge on any atom is -0.504 e. The third-order valence-corrected chi connectivity index (χ3v) is 1.31. The van der Waals surface area contributed by atoms with Crippen LogP contribution in [-0.4, -0.2) is 27.9 Å². The molecule has 5 nitrogen and oxygen atoms in total. The largest absolute Gasteiger partial charge is 0.504 e. The molecule has 0 aliphatic rings. The molecule has 0 unspecified atom stereocenters. The second-order valence-electron chi connectivity index (χ2n) is 2.28. The lowest BCUT2D eigenvalue weighted by Gasteiger charge is -2.03. The van der Waals surface area contributed by atoms with Gasteiger partial charge in [0.15, 0.2) is 11.5 Å². The summed E-state index contributed by atoms with van der Waals surface area (Å²) in [6.45, 7) is -0.734. The van der Waals surface area contributed by atoms with Gasteiger partial charge >= 0.3 is 5.97 Å². The summed E-state index contributed by atoms with van der Waals surface area (Å²) in [6.07, 6.45) is 0. The van der Waals surface area contributed by atoms with E-state index in [2.05, 4.69) is 4.74 Å². The molecule has 0 aromatic heterocycles. The third kappa shape index (κ3) is 2.34. The Bertz CT molecular complexity index is 320. The number of phenols is 2. The van der Waals surface area contributed by atoms with Gasteiger partial charge < -0.3 is 20.1 Å². The summed E-state index contributed by atoms with van der Waals surface area (Å²) in [4.78, 5) is 10.6. The van der Waals surface area contributed by atoms with Gasteiger partial charge in [-0.15, -0.1) is 0 Å². The molecule has 0 bridgehead atoms. The second-order valence-corrected chi connectivity index (χ2v) is 2.28. The SMILES string of the molecule is O=C(CO)Oc1ccc(O)c(O)c1. The zero-order valence-electron chi connectivity index (χ0n) is 6.60. The Morgan fingerprint density at radius 1 is 1.31 bits per heavy atom. The lowest BCUT2D eigenvalue weighted by atomic mass is 10.3. The summed E-state index contributed by atoms with van der Waals surface area (Å²) in [7, 11) is 0. The molecular formula is C8H8O5. The van der Waals surface area contributed by atoms with Crippen LogP contribution in [-0.2, 0) is 4.79 Å². The van der Waals surface area contributed by atoms with Crippen LogP contribution >= 0.6 is 0 Å². The molecule has 0 radical (unpaired) electrons. The molecule has 3 N–H and O–H groups in total. The van der Waals surface area contributed by atoms with Gasteiger partial charge in [-0.05, 0) is 12.1 Å². The van der Waals surface area contributed by atoms with Crippen LogP contribution in [0.5, 0.6) is 17.2 Å². The van der Waals surface area contributed by atoms with Crippen molar-refractivity contribution in [2.24, 2.45) is 0 Å². The minimum absolute atomic E-state index is 0.0642. The molecule has 0 fully saturated rings. The van der Waals surface area contributed by atoms with Crippen LogP contribution in [0, 0.1) is 0 Å². The maximum atomic E-state index is 10.6. The van der Waals surface area contributed by atoms with Gasteiger partial charge in [0, 0.05) is 6.07 Å². The van der Waals surface area contributed by atoms with Gasteiger partial charge in [-0.3, -0.25) is 0 Å². The number of rotatable bonds is 2. The van der Waals surface area contributed by atoms with Crippen LogP contribution in [0.4, 0.5) is 0 Å². The number of hydrogen-bond acceptors (Lipinski definition) is 5. The highest BCUT2D eigenvalue weighted by Gasteiger charge is 2.05. The number of ether oxygens (including phenoxy) is 1. The van der Waals surface area contributed by atoms with E-state index in [0.29, 0.717) is 0 Å². The average molecular weight is 184 g/mol. The van der Waals surface area contributed by atoms with Crippen molar-refractivity contribution in [2.45, 2.75) is 0 Å². The van der Waals surface area contributed by atoms with Gasteiger partial charge in [-0.25, -0.2) is 4.79 Å². The number of esters is 1. The summed E-state index contributed by atoms with van der Waals surface area (Å²) in [6, 6.07) is 3.54. The van der Waals surface area contributed by atoms with Crippen molar-refractivity contribution in [1.82, 2.24) is 0 Å². The molecule has 0 saturated heterocycles. The van der Waals surface area contributed by atoms with E-state index in [0.717, 1.165) is 6.07 Å². The fraction of sp³-hybridized carbons (Fsp3) is 0.125. The molecule has 0 aliphatic heterocycles. The van der Waals surface area contributed by atoms with Gasteiger partial charge in [-0.1, -0.05) is 0 Å². The molecule has 5 heteroatoms. The maximum Gasteiger partial charge on any atom is 0.337 e. The first kappa shape index (κ1) is 9.34. The van der Waals surface area contributed by atoms with Gasteiger partial charge in [0.2, 0.25) is 0 Å². The van der Waals surface area contributed by atoms with Gasteiger partial charge in [0.05, 0.1) is 0 Å². The summed E-state index contributed by atoms with van der Waals surface area (Å²) in [5, 5.41) is 26.2. The zero-order chi connectivity index (χ0) is 9.84. The fourth-order valence-electron chi connectivity index (χ4n) is 0.730. The first-order valence-electron chi connectivity index (χ1n) is 3.47. The van der Waals surface area contributed by atoms with Crippen molar-refractivity contribution in [2.75, 3.05) is 6.61 Å². The second kappa shape index (κ2) is 3.77. The number of phenolic OH excluding ortho intramolecular Hbond substituents is 2. The van der Waals surface area contributed by atoms with Crippen LogP contribution in [0.1, 0.15) is 0 Å². The average Bonchev–Trinajstić information content (AvgIpc) is 2.11. The lowest BCUT2D eigenvalue weighted by molar-refractivity contribution is -0.137. The highest BCUT2D eigenvalue weighted by Crippen LogP contribution is 2.28. The van der Waals surface area contributed by atoms with E-state index in [-0.39, 0.29) is 17.2 Å². The van der Waals surface area contributed by atoms with Gasteiger partial charge in [0.25, 0.3) is 0 Å². The standard InChI is InChI=1S/C8H8O5/c9-4-8(12)13-5-1-2-6(10)7(11)3-5/h1-3,9-11H,4H2. The quantitative estimate of drug-likeness (QED) is 0.342. The molecule has 0 amide bonds. The number of carbonyl (C=O) groups is 1. The van der Waals surface area contributed by atoms with E-state index in [1.807, 2.05) is 0 Å². The normalized spacial score (nSPS) is 9.62. The monoisotopic (exact) mass is 184 g/mol. The lowest BCUT2D eigenvalue weighted by Crippen LogP contribution is -2.11. The Balaban J connectivity index is 2.79. The highest BCUT2D eigenvalue weighted by molar-refractivity contribution is 5.73. The summed E-state index contributed by atoms with van der Waals surface area (Å²) < 4.78 is 4.54. The fourth-order valence-corrected chi connectivity index (χ4v) is 0.730. The van der Waals surface area contributed by atoms with E-state index in [1.54, 1.807) is 0 Å². The number of aliphatic hydroxyl groups excluding tert-OH is 1. The predicted octanol–water partition coefficient (Wildman–Crippen LogP) is -0.00450. The molecule has 1 rings (SSSR count). The summed E-state index contributed by atoms with van der Waals surface area (Å²) in [5.74, 6) is -1.45. The third-order valence-electron chi connectivity index (χ3n) is 1.31. The molecule has 0 aliphatic carbocycles. The smallest absolute Gasteiger partial charge is 0.337 e. The molecular weight excluding hydrogens is 176 g/mol. The predicted molar refractivity (Wildman–Crippen MR) is 42.5 cm³/mol. The molecule has 1 aromatic rings.